The number of allylic oxidation sites excluding steroid dienone is 12. The number of unbranched alkanes of at least 4 members (excludes halogenated alkanes) is 11. The van der Waals surface area contributed by atoms with Crippen LogP contribution in [0.1, 0.15) is 142 Å². The maximum Gasteiger partial charge on any atom is 0.306 e. The number of hydrogen-bond donors (Lipinski definition) is 4. The SMILES string of the molecule is CC/C=C\C/C=C\C/C=C\C/C=C\C/C=C\C/C=C\CCCCCCCOCC(COC1OC(CO)C(O)C(O)C1O)OC(=O)CCCCCCCCC. The molecular weight excluding hydrogens is 684 g/mol. The van der Waals surface area contributed by atoms with Gasteiger partial charge in [-0.25, -0.2) is 0 Å². The monoisotopic (exact) mass is 761 g/mol. The molecule has 0 saturated carbocycles. The molecule has 1 saturated heterocycles. The lowest BCUT2D eigenvalue weighted by molar-refractivity contribution is -0.305. The number of rotatable bonds is 34. The van der Waals surface area contributed by atoms with Crippen molar-refractivity contribution < 1.29 is 44.2 Å². The van der Waals surface area contributed by atoms with E-state index < -0.39 is 43.4 Å². The molecular formula is C45H76O9. The molecule has 1 fully saturated rings. The average Bonchev–Trinajstić information content (AvgIpc) is 3.17. The predicted octanol–water partition coefficient (Wildman–Crippen LogP) is 8.91. The molecule has 0 spiro atoms. The Bertz CT molecular complexity index is 1050. The Kier molecular flexibility index (Phi) is 33.4. The molecule has 9 heteroatoms. The van der Waals surface area contributed by atoms with Gasteiger partial charge in [0.1, 0.15) is 30.5 Å². The summed E-state index contributed by atoms with van der Waals surface area (Å²) in [5.41, 5.74) is 0. The summed E-state index contributed by atoms with van der Waals surface area (Å²) < 4.78 is 22.6. The van der Waals surface area contributed by atoms with Gasteiger partial charge in [0.25, 0.3) is 0 Å². The van der Waals surface area contributed by atoms with E-state index in [-0.39, 0.29) is 19.2 Å². The normalized spacial score (nSPS) is 21.6. The summed E-state index contributed by atoms with van der Waals surface area (Å²) >= 11 is 0. The maximum absolute atomic E-state index is 12.6. The van der Waals surface area contributed by atoms with Crippen molar-refractivity contribution in [2.75, 3.05) is 26.4 Å². The molecule has 4 N–H and O–H groups in total. The van der Waals surface area contributed by atoms with Crippen LogP contribution in [0.3, 0.4) is 0 Å². The zero-order chi connectivity index (χ0) is 39.3. The van der Waals surface area contributed by atoms with Crippen LogP contribution in [0.2, 0.25) is 0 Å². The maximum atomic E-state index is 12.6. The fourth-order valence-electron chi connectivity index (χ4n) is 5.85. The standard InChI is InChI=1S/C45H76O9/c1-3-5-7-9-11-12-13-14-15-16-17-18-19-20-21-22-23-24-25-26-27-29-31-33-35-51-37-39(53-41(47)34-32-30-28-10-8-6-4-2)38-52-45-44(50)43(49)42(48)40(36-46)54-45/h5,7,11-12,14-15,17-18,20-21,23-24,39-40,42-46,48-50H,3-4,6,8-10,13,16,19,22,25-38H2,1-2H3/b7-5-,12-11-,15-14-,18-17-,21-20-,24-23-. The van der Waals surface area contributed by atoms with Gasteiger partial charge in [-0.05, 0) is 64.2 Å². The van der Waals surface area contributed by atoms with Gasteiger partial charge in [-0.15, -0.1) is 0 Å². The van der Waals surface area contributed by atoms with Crippen LogP contribution < -0.4 is 0 Å². The van der Waals surface area contributed by atoms with Crippen molar-refractivity contribution in [2.45, 2.75) is 179 Å². The number of carbonyl (C=O) groups excluding carboxylic acids is 1. The first-order valence-electron chi connectivity index (χ1n) is 21.0. The fraction of sp³-hybridized carbons (Fsp3) is 0.711. The van der Waals surface area contributed by atoms with E-state index in [9.17, 15) is 25.2 Å². The molecule has 6 atom stereocenters. The Labute approximate surface area is 327 Å². The summed E-state index contributed by atoms with van der Waals surface area (Å²) in [6, 6.07) is 0. The lowest BCUT2D eigenvalue weighted by Crippen LogP contribution is -2.59. The Morgan fingerprint density at radius 2 is 1.13 bits per heavy atom. The molecule has 9 nitrogen and oxygen atoms in total. The molecule has 0 aromatic carbocycles. The quantitative estimate of drug-likeness (QED) is 0.0288. The number of hydrogen-bond acceptors (Lipinski definition) is 9. The van der Waals surface area contributed by atoms with Gasteiger partial charge < -0.3 is 39.4 Å². The molecule has 0 aromatic heterocycles. The van der Waals surface area contributed by atoms with Crippen molar-refractivity contribution >= 4 is 5.97 Å². The molecule has 0 aliphatic carbocycles. The summed E-state index contributed by atoms with van der Waals surface area (Å²) in [6.07, 6.45) is 39.5. The van der Waals surface area contributed by atoms with E-state index in [1.807, 2.05) is 0 Å². The van der Waals surface area contributed by atoms with Crippen molar-refractivity contribution in [1.29, 1.82) is 0 Å². The molecule has 1 heterocycles. The van der Waals surface area contributed by atoms with E-state index in [2.05, 4.69) is 86.8 Å². The molecule has 1 aliphatic rings. The summed E-state index contributed by atoms with van der Waals surface area (Å²) in [6.45, 7) is 4.32. The smallest absolute Gasteiger partial charge is 0.306 e. The summed E-state index contributed by atoms with van der Waals surface area (Å²) in [4.78, 5) is 12.6. The van der Waals surface area contributed by atoms with Crippen LogP contribution in [0.4, 0.5) is 0 Å². The zero-order valence-corrected chi connectivity index (χ0v) is 33.7. The highest BCUT2D eigenvalue weighted by Crippen LogP contribution is 2.22. The van der Waals surface area contributed by atoms with Gasteiger partial charge in [0.15, 0.2) is 6.29 Å². The zero-order valence-electron chi connectivity index (χ0n) is 33.7. The minimum Gasteiger partial charge on any atom is -0.457 e. The Morgan fingerprint density at radius 3 is 1.70 bits per heavy atom. The summed E-state index contributed by atoms with van der Waals surface area (Å²) in [5, 5.41) is 39.9. The van der Waals surface area contributed by atoms with E-state index in [1.165, 1.54) is 25.7 Å². The molecule has 0 aromatic rings. The average molecular weight is 761 g/mol. The second kappa shape index (κ2) is 36.3. The van der Waals surface area contributed by atoms with Crippen LogP contribution in [-0.4, -0.2) is 89.6 Å². The molecule has 0 bridgehead atoms. The minimum absolute atomic E-state index is 0.125. The number of ether oxygens (including phenoxy) is 4. The van der Waals surface area contributed by atoms with Crippen molar-refractivity contribution in [3.63, 3.8) is 0 Å². The Morgan fingerprint density at radius 1 is 0.611 bits per heavy atom. The number of carbonyl (C=O) groups is 1. The van der Waals surface area contributed by atoms with E-state index >= 15 is 0 Å². The Hall–Kier alpha value is -2.37. The van der Waals surface area contributed by atoms with Crippen LogP contribution in [0.5, 0.6) is 0 Å². The third kappa shape index (κ3) is 27.2. The minimum atomic E-state index is -1.54. The van der Waals surface area contributed by atoms with Crippen LogP contribution in [0, 0.1) is 0 Å². The van der Waals surface area contributed by atoms with Crippen molar-refractivity contribution in [1.82, 2.24) is 0 Å². The first kappa shape index (κ1) is 49.6. The number of aliphatic hydroxyl groups excluding tert-OH is 4. The Balaban J connectivity index is 2.22. The van der Waals surface area contributed by atoms with Crippen molar-refractivity contribution in [3.8, 4) is 0 Å². The fourth-order valence-corrected chi connectivity index (χ4v) is 5.85. The molecule has 54 heavy (non-hydrogen) atoms. The number of aliphatic hydroxyl groups is 4. The highest BCUT2D eigenvalue weighted by molar-refractivity contribution is 5.69. The van der Waals surface area contributed by atoms with Gasteiger partial charge >= 0.3 is 5.97 Å². The second-order valence-corrected chi connectivity index (χ2v) is 14.1. The van der Waals surface area contributed by atoms with Crippen molar-refractivity contribution in [2.24, 2.45) is 0 Å². The first-order valence-corrected chi connectivity index (χ1v) is 21.0. The van der Waals surface area contributed by atoms with E-state index in [0.29, 0.717) is 13.0 Å². The lowest BCUT2D eigenvalue weighted by Gasteiger charge is -2.39. The molecule has 310 valence electrons. The molecule has 0 amide bonds. The molecule has 1 aliphatic heterocycles. The largest absolute Gasteiger partial charge is 0.457 e. The third-order valence-electron chi connectivity index (χ3n) is 9.14. The first-order chi connectivity index (χ1) is 26.4. The van der Waals surface area contributed by atoms with Gasteiger partial charge in [-0.2, -0.15) is 0 Å². The van der Waals surface area contributed by atoms with Crippen molar-refractivity contribution in [3.05, 3.63) is 72.9 Å². The van der Waals surface area contributed by atoms with E-state index in [4.69, 9.17) is 18.9 Å². The van der Waals surface area contributed by atoms with Gasteiger partial charge in [0, 0.05) is 13.0 Å². The van der Waals surface area contributed by atoms with E-state index in [1.54, 1.807) is 0 Å². The van der Waals surface area contributed by atoms with Gasteiger partial charge in [-0.1, -0.05) is 145 Å². The highest BCUT2D eigenvalue weighted by atomic mass is 16.7. The third-order valence-corrected chi connectivity index (χ3v) is 9.14. The lowest BCUT2D eigenvalue weighted by atomic mass is 9.99. The summed E-state index contributed by atoms with van der Waals surface area (Å²) in [7, 11) is 0. The topological polar surface area (TPSA) is 135 Å². The van der Waals surface area contributed by atoms with Crippen LogP contribution in [0.15, 0.2) is 72.9 Å². The van der Waals surface area contributed by atoms with E-state index in [0.717, 1.165) is 96.3 Å². The number of esters is 1. The molecule has 6 unspecified atom stereocenters. The van der Waals surface area contributed by atoms with Crippen LogP contribution >= 0.6 is 0 Å². The molecule has 1 rings (SSSR count). The molecule has 0 radical (unpaired) electrons. The van der Waals surface area contributed by atoms with Crippen LogP contribution in [-0.2, 0) is 23.7 Å². The predicted molar refractivity (Wildman–Crippen MR) is 219 cm³/mol. The highest BCUT2D eigenvalue weighted by Gasteiger charge is 2.44. The second-order valence-electron chi connectivity index (χ2n) is 14.1. The summed E-state index contributed by atoms with van der Waals surface area (Å²) in [5.74, 6) is -0.332. The van der Waals surface area contributed by atoms with Gasteiger partial charge in [-0.3, -0.25) is 4.79 Å². The van der Waals surface area contributed by atoms with Crippen LogP contribution in [0.25, 0.3) is 0 Å². The van der Waals surface area contributed by atoms with Gasteiger partial charge in [0.05, 0.1) is 19.8 Å². The van der Waals surface area contributed by atoms with Gasteiger partial charge in [0.2, 0.25) is 0 Å².